The molecule has 3 atom stereocenters. The summed E-state index contributed by atoms with van der Waals surface area (Å²) < 4.78 is 5.08. The van der Waals surface area contributed by atoms with Crippen molar-refractivity contribution >= 4 is 29.2 Å². The van der Waals surface area contributed by atoms with Gasteiger partial charge in [-0.25, -0.2) is 4.79 Å². The second-order valence-electron chi connectivity index (χ2n) is 5.35. The van der Waals surface area contributed by atoms with Crippen LogP contribution in [0.1, 0.15) is 43.6 Å². The Labute approximate surface area is 132 Å². The Morgan fingerprint density at radius 1 is 1.33 bits per heavy atom. The van der Waals surface area contributed by atoms with Gasteiger partial charge in [0.25, 0.3) is 0 Å². The van der Waals surface area contributed by atoms with Gasteiger partial charge < -0.3 is 20.1 Å². The minimum atomic E-state index is -1.15. The van der Waals surface area contributed by atoms with Gasteiger partial charge in [-0.15, -0.1) is 0 Å². The van der Waals surface area contributed by atoms with Gasteiger partial charge in [0, 0.05) is 11.0 Å². The monoisotopic (exact) mass is 334 g/mol. The van der Waals surface area contributed by atoms with Gasteiger partial charge in [0.15, 0.2) is 6.61 Å². The smallest absolute Gasteiger partial charge is 0.341 e. The highest BCUT2D eigenvalue weighted by atomic mass is 35.5. The third-order valence-electron chi connectivity index (χ3n) is 4.17. The van der Waals surface area contributed by atoms with E-state index in [-0.39, 0.29) is 15.8 Å². The fraction of sp³-hybridized carbons (Fsp3) is 0.500. The van der Waals surface area contributed by atoms with E-state index in [9.17, 15) is 15.0 Å². The van der Waals surface area contributed by atoms with Crippen LogP contribution in [0.2, 0.25) is 10.0 Å². The molecule has 3 N–H and O–H groups in total. The van der Waals surface area contributed by atoms with Gasteiger partial charge in [-0.1, -0.05) is 37.0 Å². The maximum atomic E-state index is 10.6. The summed E-state index contributed by atoms with van der Waals surface area (Å²) in [4.78, 5) is 10.6. The Balaban J connectivity index is 2.52. The lowest BCUT2D eigenvalue weighted by Crippen LogP contribution is -2.25. The first-order valence-corrected chi connectivity index (χ1v) is 7.22. The molecular weight excluding hydrogens is 319 g/mol. The van der Waals surface area contributed by atoms with Gasteiger partial charge in [0.2, 0.25) is 0 Å². The van der Waals surface area contributed by atoms with Crippen molar-refractivity contribution < 1.29 is 24.9 Å². The van der Waals surface area contributed by atoms with E-state index in [0.717, 1.165) is 0 Å². The summed E-state index contributed by atoms with van der Waals surface area (Å²) >= 11 is 12.2. The lowest BCUT2D eigenvalue weighted by Gasteiger charge is -2.30. The van der Waals surface area contributed by atoms with Crippen molar-refractivity contribution in [2.24, 2.45) is 5.41 Å². The molecule has 0 saturated heterocycles. The molecule has 1 aliphatic rings. The number of halogens is 2. The Bertz CT molecular complexity index is 589. The van der Waals surface area contributed by atoms with E-state index in [0.29, 0.717) is 17.5 Å². The Hall–Kier alpha value is -1.01. The molecule has 0 radical (unpaired) electrons. The van der Waals surface area contributed by atoms with E-state index in [1.165, 1.54) is 6.07 Å². The standard InChI is InChI=1S/C14H16Cl2O5/c1-3-14(2)12(19)6-4-7(21-5-8(17)18)10(15)11(16)9(6)13(14)20/h4,12-13,19-20H,3,5H2,1-2H3,(H,17,18). The second-order valence-corrected chi connectivity index (χ2v) is 6.11. The average molecular weight is 335 g/mol. The van der Waals surface area contributed by atoms with E-state index in [2.05, 4.69) is 0 Å². The first-order valence-electron chi connectivity index (χ1n) is 6.46. The van der Waals surface area contributed by atoms with E-state index in [1.807, 2.05) is 6.92 Å². The Kier molecular flexibility index (Phi) is 4.40. The number of carboxylic acid groups (broad SMARTS) is 1. The number of benzene rings is 1. The molecule has 2 rings (SSSR count). The van der Waals surface area contributed by atoms with Crippen LogP contribution in [0.3, 0.4) is 0 Å². The van der Waals surface area contributed by atoms with Crippen LogP contribution in [0.15, 0.2) is 6.07 Å². The number of aliphatic hydroxyl groups excluding tert-OH is 2. The lowest BCUT2D eigenvalue weighted by atomic mass is 9.80. The highest BCUT2D eigenvalue weighted by Crippen LogP contribution is 2.58. The number of aliphatic hydroxyl groups is 2. The molecule has 0 aromatic heterocycles. The van der Waals surface area contributed by atoms with E-state index in [1.54, 1.807) is 6.92 Å². The predicted octanol–water partition coefficient (Wildman–Crippen LogP) is 2.95. The molecule has 0 spiro atoms. The van der Waals surface area contributed by atoms with Crippen molar-refractivity contribution in [2.75, 3.05) is 6.61 Å². The molecule has 1 aliphatic carbocycles. The summed E-state index contributed by atoms with van der Waals surface area (Å²) in [6.07, 6.45) is -1.36. The summed E-state index contributed by atoms with van der Waals surface area (Å²) in [6, 6.07) is 1.45. The molecule has 1 aromatic rings. The maximum absolute atomic E-state index is 10.6. The summed E-state index contributed by atoms with van der Waals surface area (Å²) in [7, 11) is 0. The molecule has 0 bridgehead atoms. The van der Waals surface area contributed by atoms with E-state index in [4.69, 9.17) is 33.0 Å². The maximum Gasteiger partial charge on any atom is 0.341 e. The molecule has 0 fully saturated rings. The summed E-state index contributed by atoms with van der Waals surface area (Å²) in [6.45, 7) is 3.04. The minimum Gasteiger partial charge on any atom is -0.480 e. The lowest BCUT2D eigenvalue weighted by molar-refractivity contribution is -0.139. The van der Waals surface area contributed by atoms with E-state index < -0.39 is 30.2 Å². The van der Waals surface area contributed by atoms with Gasteiger partial charge >= 0.3 is 5.97 Å². The number of aliphatic carboxylic acids is 1. The number of carbonyl (C=O) groups is 1. The van der Waals surface area contributed by atoms with Crippen LogP contribution in [0.5, 0.6) is 5.75 Å². The largest absolute Gasteiger partial charge is 0.480 e. The minimum absolute atomic E-state index is 0.0308. The zero-order chi connectivity index (χ0) is 15.9. The van der Waals surface area contributed by atoms with Crippen molar-refractivity contribution in [3.63, 3.8) is 0 Å². The molecule has 7 heteroatoms. The molecule has 0 saturated carbocycles. The highest BCUT2D eigenvalue weighted by molar-refractivity contribution is 6.43. The molecule has 1 aromatic carbocycles. The first-order chi connectivity index (χ1) is 9.74. The molecular formula is C14H16Cl2O5. The Morgan fingerprint density at radius 2 is 1.95 bits per heavy atom. The fourth-order valence-corrected chi connectivity index (χ4v) is 3.12. The molecule has 3 unspecified atom stereocenters. The third-order valence-corrected chi connectivity index (χ3v) is 5.04. The normalized spacial score (nSPS) is 27.5. The number of fused-ring (bicyclic) bond motifs is 1. The van der Waals surface area contributed by atoms with Crippen LogP contribution in [0, 0.1) is 5.41 Å². The molecule has 5 nitrogen and oxygen atoms in total. The number of hydrogen-bond donors (Lipinski definition) is 3. The van der Waals surface area contributed by atoms with Crippen molar-refractivity contribution in [3.8, 4) is 5.75 Å². The van der Waals surface area contributed by atoms with Gasteiger partial charge in [-0.05, 0) is 18.1 Å². The van der Waals surface area contributed by atoms with E-state index >= 15 is 0 Å². The SMILES string of the molecule is CCC1(C)C(O)c2cc(OCC(=O)O)c(Cl)c(Cl)c2C1O. The van der Waals surface area contributed by atoms with Crippen molar-refractivity contribution in [3.05, 3.63) is 27.2 Å². The second kappa shape index (κ2) is 5.65. The zero-order valence-corrected chi connectivity index (χ0v) is 13.1. The molecule has 21 heavy (non-hydrogen) atoms. The zero-order valence-electron chi connectivity index (χ0n) is 11.6. The van der Waals surface area contributed by atoms with Crippen molar-refractivity contribution in [1.29, 1.82) is 0 Å². The van der Waals surface area contributed by atoms with Gasteiger partial charge in [-0.3, -0.25) is 0 Å². The van der Waals surface area contributed by atoms with Crippen LogP contribution in [-0.2, 0) is 4.79 Å². The van der Waals surface area contributed by atoms with Crippen molar-refractivity contribution in [2.45, 2.75) is 32.5 Å². The molecule has 0 heterocycles. The number of carboxylic acids is 1. The summed E-state index contributed by atoms with van der Waals surface area (Å²) in [5.41, 5.74) is 0.0172. The number of rotatable bonds is 4. The molecule has 0 aliphatic heterocycles. The van der Waals surface area contributed by atoms with Crippen LogP contribution < -0.4 is 4.74 Å². The van der Waals surface area contributed by atoms with Gasteiger partial charge in [0.1, 0.15) is 10.8 Å². The fourth-order valence-electron chi connectivity index (χ4n) is 2.61. The summed E-state index contributed by atoms with van der Waals surface area (Å²) in [5.74, 6) is -1.07. The van der Waals surface area contributed by atoms with Crippen LogP contribution in [-0.4, -0.2) is 27.9 Å². The topological polar surface area (TPSA) is 87.0 Å². The van der Waals surface area contributed by atoms with Gasteiger partial charge in [-0.2, -0.15) is 0 Å². The quantitative estimate of drug-likeness (QED) is 0.787. The van der Waals surface area contributed by atoms with Gasteiger partial charge in [0.05, 0.1) is 17.2 Å². The Morgan fingerprint density at radius 3 is 2.48 bits per heavy atom. The summed E-state index contributed by atoms with van der Waals surface area (Å²) in [5, 5.41) is 29.7. The molecule has 0 amide bonds. The predicted molar refractivity (Wildman–Crippen MR) is 77.9 cm³/mol. The third kappa shape index (κ3) is 2.48. The number of hydrogen-bond acceptors (Lipinski definition) is 4. The number of ether oxygens (including phenoxy) is 1. The van der Waals surface area contributed by atoms with Crippen LogP contribution >= 0.6 is 23.2 Å². The highest BCUT2D eigenvalue weighted by Gasteiger charge is 2.49. The van der Waals surface area contributed by atoms with Crippen LogP contribution in [0.4, 0.5) is 0 Å². The average Bonchev–Trinajstić information content (AvgIpc) is 2.63. The van der Waals surface area contributed by atoms with Crippen molar-refractivity contribution in [1.82, 2.24) is 0 Å². The molecule has 116 valence electrons. The first kappa shape index (κ1) is 16.4. The van der Waals surface area contributed by atoms with Crippen LogP contribution in [0.25, 0.3) is 0 Å².